The number of nitrogens with zero attached hydrogens (tertiary/aromatic N) is 2. The lowest BCUT2D eigenvalue weighted by atomic mass is 10.0. The van der Waals surface area contributed by atoms with E-state index in [2.05, 4.69) is 20.9 Å². The Balaban J connectivity index is 2.05. The molecule has 0 aliphatic rings. The SMILES string of the molecule is CCOC(=O)Cn1cnc(CC[C@@H](N)c2ccc(F)cc2)c(Br)c1=O. The molecule has 8 heteroatoms. The Morgan fingerprint density at radius 2 is 2.08 bits per heavy atom. The normalized spacial score (nSPS) is 12.0. The summed E-state index contributed by atoms with van der Waals surface area (Å²) < 4.78 is 19.3. The largest absolute Gasteiger partial charge is 0.465 e. The maximum atomic E-state index is 12.9. The summed E-state index contributed by atoms with van der Waals surface area (Å²) in [5.41, 5.74) is 7.12. The quantitative estimate of drug-likeness (QED) is 0.706. The van der Waals surface area contributed by atoms with Crippen LogP contribution in [-0.2, 0) is 22.5 Å². The molecule has 2 rings (SSSR count). The molecule has 0 fully saturated rings. The monoisotopic (exact) mass is 411 g/mol. The lowest BCUT2D eigenvalue weighted by Crippen LogP contribution is -2.27. The molecule has 0 amide bonds. The number of carbonyl (C=O) groups excluding carboxylic acids is 1. The van der Waals surface area contributed by atoms with E-state index in [0.29, 0.717) is 23.0 Å². The van der Waals surface area contributed by atoms with Crippen molar-refractivity contribution >= 4 is 21.9 Å². The summed E-state index contributed by atoms with van der Waals surface area (Å²) in [7, 11) is 0. The second-order valence-corrected chi connectivity index (χ2v) is 6.23. The third-order valence-corrected chi connectivity index (χ3v) is 4.45. The Kier molecular flexibility index (Phi) is 6.83. The van der Waals surface area contributed by atoms with Gasteiger partial charge in [0, 0.05) is 6.04 Å². The zero-order chi connectivity index (χ0) is 18.4. The zero-order valence-electron chi connectivity index (χ0n) is 13.7. The number of carbonyl (C=O) groups is 1. The Morgan fingerprint density at radius 3 is 2.72 bits per heavy atom. The first kappa shape index (κ1) is 19.3. The van der Waals surface area contributed by atoms with Crippen molar-refractivity contribution in [3.05, 3.63) is 62.5 Å². The highest BCUT2D eigenvalue weighted by Gasteiger charge is 2.14. The molecule has 134 valence electrons. The summed E-state index contributed by atoms with van der Waals surface area (Å²) in [6.07, 6.45) is 2.33. The van der Waals surface area contributed by atoms with Crippen molar-refractivity contribution in [2.45, 2.75) is 32.4 Å². The fraction of sp³-hybridized carbons (Fsp3) is 0.353. The average Bonchev–Trinajstić information content (AvgIpc) is 2.59. The molecule has 0 aliphatic carbocycles. The van der Waals surface area contributed by atoms with Gasteiger partial charge < -0.3 is 10.5 Å². The molecule has 1 aromatic carbocycles. The highest BCUT2D eigenvalue weighted by atomic mass is 79.9. The van der Waals surface area contributed by atoms with Gasteiger partial charge in [0.25, 0.3) is 5.56 Å². The fourth-order valence-electron chi connectivity index (χ4n) is 2.30. The summed E-state index contributed by atoms with van der Waals surface area (Å²) >= 11 is 3.24. The predicted octanol–water partition coefficient (Wildman–Crippen LogP) is 2.34. The van der Waals surface area contributed by atoms with Crippen LogP contribution < -0.4 is 11.3 Å². The van der Waals surface area contributed by atoms with Crippen LogP contribution in [0.15, 0.2) is 39.9 Å². The van der Waals surface area contributed by atoms with E-state index in [4.69, 9.17) is 10.5 Å². The van der Waals surface area contributed by atoms with Crippen molar-refractivity contribution in [1.82, 2.24) is 9.55 Å². The summed E-state index contributed by atoms with van der Waals surface area (Å²) in [6, 6.07) is 5.70. The second kappa shape index (κ2) is 8.87. The van der Waals surface area contributed by atoms with Crippen molar-refractivity contribution in [2.75, 3.05) is 6.61 Å². The Bertz CT molecular complexity index is 793. The molecule has 0 saturated carbocycles. The number of rotatable bonds is 7. The number of esters is 1. The van der Waals surface area contributed by atoms with Gasteiger partial charge in [-0.3, -0.25) is 14.2 Å². The Morgan fingerprint density at radius 1 is 1.40 bits per heavy atom. The van der Waals surface area contributed by atoms with Gasteiger partial charge in [-0.25, -0.2) is 9.37 Å². The van der Waals surface area contributed by atoms with Crippen molar-refractivity contribution in [2.24, 2.45) is 5.73 Å². The minimum atomic E-state index is -0.496. The Labute approximate surface area is 153 Å². The minimum Gasteiger partial charge on any atom is -0.465 e. The third-order valence-electron chi connectivity index (χ3n) is 3.65. The van der Waals surface area contributed by atoms with Gasteiger partial charge in [-0.05, 0) is 53.4 Å². The second-order valence-electron chi connectivity index (χ2n) is 5.44. The molecular formula is C17H19BrFN3O3. The molecule has 0 aliphatic heterocycles. The van der Waals surface area contributed by atoms with Gasteiger partial charge in [-0.15, -0.1) is 0 Å². The molecule has 0 unspecified atom stereocenters. The molecule has 0 saturated heterocycles. The number of hydrogen-bond acceptors (Lipinski definition) is 5. The summed E-state index contributed by atoms with van der Waals surface area (Å²) in [5.74, 6) is -0.810. The predicted molar refractivity (Wildman–Crippen MR) is 94.5 cm³/mol. The number of aromatic nitrogens is 2. The van der Waals surface area contributed by atoms with Crippen molar-refractivity contribution in [3.63, 3.8) is 0 Å². The number of aryl methyl sites for hydroxylation is 1. The molecule has 1 atom stereocenters. The van der Waals surface area contributed by atoms with Crippen LogP contribution in [0.1, 0.15) is 30.6 Å². The summed E-state index contributed by atoms with van der Waals surface area (Å²) in [6.45, 7) is 1.76. The van der Waals surface area contributed by atoms with Gasteiger partial charge in [-0.1, -0.05) is 12.1 Å². The van der Waals surface area contributed by atoms with Gasteiger partial charge in [0.1, 0.15) is 16.8 Å². The number of ether oxygens (including phenoxy) is 1. The molecule has 2 N–H and O–H groups in total. The molecule has 25 heavy (non-hydrogen) atoms. The third kappa shape index (κ3) is 5.20. The van der Waals surface area contributed by atoms with Gasteiger partial charge in [0.05, 0.1) is 18.6 Å². The number of halogens is 2. The molecule has 1 aromatic heterocycles. The van der Waals surface area contributed by atoms with E-state index in [1.807, 2.05) is 0 Å². The highest BCUT2D eigenvalue weighted by molar-refractivity contribution is 9.10. The van der Waals surface area contributed by atoms with E-state index < -0.39 is 5.97 Å². The smallest absolute Gasteiger partial charge is 0.326 e. The van der Waals surface area contributed by atoms with E-state index in [-0.39, 0.29) is 30.6 Å². The van der Waals surface area contributed by atoms with Crippen LogP contribution in [-0.4, -0.2) is 22.1 Å². The van der Waals surface area contributed by atoms with Crippen LogP contribution in [0, 0.1) is 5.82 Å². The highest BCUT2D eigenvalue weighted by Crippen LogP contribution is 2.19. The standard InChI is InChI=1S/C17H19BrFN3O3/c1-2-25-15(23)9-22-10-21-14(16(18)17(22)24)8-7-13(20)11-3-5-12(19)6-4-11/h3-6,10,13H,2,7-9,20H2,1H3/t13-/m1/s1. The summed E-state index contributed by atoms with van der Waals surface area (Å²) in [5, 5.41) is 0. The van der Waals surface area contributed by atoms with Crippen LogP contribution in [0.4, 0.5) is 4.39 Å². The lowest BCUT2D eigenvalue weighted by molar-refractivity contribution is -0.143. The average molecular weight is 412 g/mol. The molecule has 0 bridgehead atoms. The van der Waals surface area contributed by atoms with Crippen molar-refractivity contribution in [1.29, 1.82) is 0 Å². The van der Waals surface area contributed by atoms with Gasteiger partial charge in [-0.2, -0.15) is 0 Å². The van der Waals surface area contributed by atoms with E-state index in [9.17, 15) is 14.0 Å². The molecule has 0 spiro atoms. The van der Waals surface area contributed by atoms with Gasteiger partial charge in [0.15, 0.2) is 0 Å². The Hall–Kier alpha value is -2.06. The minimum absolute atomic E-state index is 0.187. The van der Waals surface area contributed by atoms with Gasteiger partial charge >= 0.3 is 5.97 Å². The maximum Gasteiger partial charge on any atom is 0.326 e. The van der Waals surface area contributed by atoms with Crippen LogP contribution in [0.2, 0.25) is 0 Å². The van der Waals surface area contributed by atoms with E-state index in [1.165, 1.54) is 23.0 Å². The number of nitrogens with two attached hydrogens (primary N) is 1. The van der Waals surface area contributed by atoms with Crippen LogP contribution >= 0.6 is 15.9 Å². The first-order valence-corrected chi connectivity index (χ1v) is 8.62. The zero-order valence-corrected chi connectivity index (χ0v) is 15.3. The van der Waals surface area contributed by atoms with E-state index in [0.717, 1.165) is 5.56 Å². The lowest BCUT2D eigenvalue weighted by Gasteiger charge is -2.13. The fourth-order valence-corrected chi connectivity index (χ4v) is 2.83. The summed E-state index contributed by atoms with van der Waals surface area (Å²) in [4.78, 5) is 28.0. The number of hydrogen-bond donors (Lipinski definition) is 1. The first-order valence-electron chi connectivity index (χ1n) is 7.82. The molecule has 6 nitrogen and oxygen atoms in total. The van der Waals surface area contributed by atoms with E-state index in [1.54, 1.807) is 19.1 Å². The topological polar surface area (TPSA) is 87.2 Å². The van der Waals surface area contributed by atoms with Crippen LogP contribution in [0.5, 0.6) is 0 Å². The van der Waals surface area contributed by atoms with Crippen LogP contribution in [0.3, 0.4) is 0 Å². The molecule has 0 radical (unpaired) electrons. The van der Waals surface area contributed by atoms with Gasteiger partial charge in [0.2, 0.25) is 0 Å². The van der Waals surface area contributed by atoms with Crippen LogP contribution in [0.25, 0.3) is 0 Å². The maximum absolute atomic E-state index is 12.9. The molecule has 2 aromatic rings. The van der Waals surface area contributed by atoms with Crippen molar-refractivity contribution in [3.8, 4) is 0 Å². The molecular weight excluding hydrogens is 393 g/mol. The molecule has 1 heterocycles. The van der Waals surface area contributed by atoms with E-state index >= 15 is 0 Å². The van der Waals surface area contributed by atoms with Crippen molar-refractivity contribution < 1.29 is 13.9 Å². The number of benzene rings is 1. The first-order chi connectivity index (χ1) is 11.9.